The van der Waals surface area contributed by atoms with Gasteiger partial charge in [-0.05, 0) is 25.0 Å². The highest BCUT2D eigenvalue weighted by molar-refractivity contribution is 6.05. The van der Waals surface area contributed by atoms with Crippen LogP contribution in [0.5, 0.6) is 0 Å². The Kier molecular flexibility index (Phi) is 2.97. The van der Waals surface area contributed by atoms with Crippen LogP contribution in [0.4, 0.5) is 10.5 Å². The minimum Gasteiger partial charge on any atom is -0.465 e. The Labute approximate surface area is 120 Å². The molecule has 0 aliphatic heterocycles. The van der Waals surface area contributed by atoms with Crippen molar-refractivity contribution in [2.75, 3.05) is 5.32 Å². The third-order valence-corrected chi connectivity index (χ3v) is 3.69. The number of ketones is 1. The van der Waals surface area contributed by atoms with E-state index in [0.29, 0.717) is 11.4 Å². The van der Waals surface area contributed by atoms with Crippen LogP contribution in [0.3, 0.4) is 0 Å². The van der Waals surface area contributed by atoms with Gasteiger partial charge in [-0.3, -0.25) is 19.8 Å². The number of aromatic nitrogens is 3. The van der Waals surface area contributed by atoms with Gasteiger partial charge in [0.15, 0.2) is 5.78 Å². The van der Waals surface area contributed by atoms with E-state index in [1.54, 1.807) is 16.9 Å². The van der Waals surface area contributed by atoms with Crippen LogP contribution in [0, 0.1) is 0 Å². The zero-order valence-electron chi connectivity index (χ0n) is 11.4. The fourth-order valence-corrected chi connectivity index (χ4v) is 2.41. The van der Waals surface area contributed by atoms with Crippen LogP contribution in [-0.2, 0) is 12.5 Å². The molecule has 3 rings (SSSR count). The van der Waals surface area contributed by atoms with E-state index in [9.17, 15) is 9.59 Å². The lowest BCUT2D eigenvalue weighted by atomic mass is 9.92. The molecule has 2 aromatic rings. The highest BCUT2D eigenvalue weighted by Gasteiger charge is 2.52. The van der Waals surface area contributed by atoms with Crippen molar-refractivity contribution < 1.29 is 14.7 Å². The molecule has 0 radical (unpaired) electrons. The number of Topliss-reactive ketones (excluding diaryl/α,β-unsaturated/α-hetero) is 1. The number of aryl methyl sites for hydroxylation is 1. The molecule has 21 heavy (non-hydrogen) atoms. The predicted octanol–water partition coefficient (Wildman–Crippen LogP) is 1.82. The number of anilines is 1. The van der Waals surface area contributed by atoms with Crippen molar-refractivity contribution in [1.82, 2.24) is 14.8 Å². The Balaban J connectivity index is 1.84. The summed E-state index contributed by atoms with van der Waals surface area (Å²) in [5, 5.41) is 14.9. The fraction of sp³-hybridized carbons (Fsp3) is 0.286. The number of hydrogen-bond acceptors (Lipinski definition) is 4. The zero-order chi connectivity index (χ0) is 15.0. The first-order chi connectivity index (χ1) is 10.0. The van der Waals surface area contributed by atoms with Crippen molar-refractivity contribution in [2.45, 2.75) is 18.3 Å². The lowest BCUT2D eigenvalue weighted by molar-refractivity contribution is 0.0941. The summed E-state index contributed by atoms with van der Waals surface area (Å²) in [5.41, 5.74) is 1.07. The van der Waals surface area contributed by atoms with Gasteiger partial charge in [-0.15, -0.1) is 0 Å². The van der Waals surface area contributed by atoms with Crippen LogP contribution in [0.15, 0.2) is 30.7 Å². The van der Waals surface area contributed by atoms with Crippen LogP contribution >= 0.6 is 0 Å². The molecule has 1 saturated carbocycles. The summed E-state index contributed by atoms with van der Waals surface area (Å²) in [4.78, 5) is 27.2. The maximum Gasteiger partial charge on any atom is 0.409 e. The molecule has 1 aliphatic rings. The normalized spacial score (nSPS) is 15.5. The summed E-state index contributed by atoms with van der Waals surface area (Å²) >= 11 is 0. The SMILES string of the molecule is Cn1cc(C2(C(=O)c3ccc(NC(=O)O)cn3)CC2)cn1. The summed E-state index contributed by atoms with van der Waals surface area (Å²) in [7, 11) is 1.81. The minimum absolute atomic E-state index is 0.0441. The largest absolute Gasteiger partial charge is 0.465 e. The predicted molar refractivity (Wildman–Crippen MR) is 74.3 cm³/mol. The number of pyridine rings is 1. The molecule has 7 nitrogen and oxygen atoms in total. The first-order valence-electron chi connectivity index (χ1n) is 6.51. The van der Waals surface area contributed by atoms with Crippen molar-refractivity contribution in [1.29, 1.82) is 0 Å². The molecule has 0 aromatic carbocycles. The lowest BCUT2D eigenvalue weighted by Crippen LogP contribution is -2.21. The Bertz CT molecular complexity index is 701. The average molecular weight is 286 g/mol. The Morgan fingerprint density at radius 3 is 2.57 bits per heavy atom. The second-order valence-electron chi connectivity index (χ2n) is 5.18. The number of carbonyl (C=O) groups excluding carboxylic acids is 1. The first-order valence-corrected chi connectivity index (χ1v) is 6.51. The molecule has 2 heterocycles. The highest BCUT2D eigenvalue weighted by atomic mass is 16.4. The standard InChI is InChI=1S/C14H14N4O3/c1-18-8-9(6-16-18)14(4-5-14)12(19)11-3-2-10(7-15-11)17-13(20)21/h2-3,6-8,17H,4-5H2,1H3,(H,20,21). The lowest BCUT2D eigenvalue weighted by Gasteiger charge is -2.11. The van der Waals surface area contributed by atoms with E-state index in [2.05, 4.69) is 15.4 Å². The molecule has 1 amide bonds. The van der Waals surface area contributed by atoms with E-state index in [0.717, 1.165) is 18.4 Å². The van der Waals surface area contributed by atoms with E-state index in [1.165, 1.54) is 12.3 Å². The van der Waals surface area contributed by atoms with Gasteiger partial charge >= 0.3 is 6.09 Å². The molecule has 2 N–H and O–H groups in total. The van der Waals surface area contributed by atoms with Crippen molar-refractivity contribution in [3.63, 3.8) is 0 Å². The van der Waals surface area contributed by atoms with E-state index in [1.807, 2.05) is 13.2 Å². The Morgan fingerprint density at radius 1 is 1.33 bits per heavy atom. The van der Waals surface area contributed by atoms with Crippen molar-refractivity contribution >= 4 is 17.6 Å². The number of carboxylic acid groups (broad SMARTS) is 1. The smallest absolute Gasteiger partial charge is 0.409 e. The van der Waals surface area contributed by atoms with Gasteiger partial charge in [0.2, 0.25) is 0 Å². The number of nitrogens with zero attached hydrogens (tertiary/aromatic N) is 3. The number of rotatable bonds is 4. The quantitative estimate of drug-likeness (QED) is 0.835. The van der Waals surface area contributed by atoms with E-state index in [4.69, 9.17) is 5.11 Å². The molecule has 7 heteroatoms. The van der Waals surface area contributed by atoms with E-state index in [-0.39, 0.29) is 5.78 Å². The van der Waals surface area contributed by atoms with Crippen LogP contribution < -0.4 is 5.32 Å². The van der Waals surface area contributed by atoms with E-state index < -0.39 is 11.5 Å². The zero-order valence-corrected chi connectivity index (χ0v) is 11.4. The third-order valence-electron chi connectivity index (χ3n) is 3.69. The van der Waals surface area contributed by atoms with Crippen LogP contribution in [0.2, 0.25) is 0 Å². The van der Waals surface area contributed by atoms with Gasteiger partial charge in [0.1, 0.15) is 5.69 Å². The summed E-state index contributed by atoms with van der Waals surface area (Å²) < 4.78 is 1.68. The second-order valence-corrected chi connectivity index (χ2v) is 5.18. The summed E-state index contributed by atoms with van der Waals surface area (Å²) in [6, 6.07) is 3.08. The van der Waals surface area contributed by atoms with Gasteiger partial charge < -0.3 is 5.11 Å². The van der Waals surface area contributed by atoms with Crippen LogP contribution in [-0.4, -0.2) is 31.7 Å². The molecular formula is C14H14N4O3. The highest BCUT2D eigenvalue weighted by Crippen LogP contribution is 2.50. The molecule has 1 fully saturated rings. The van der Waals surface area contributed by atoms with Gasteiger partial charge in [-0.1, -0.05) is 0 Å². The maximum atomic E-state index is 12.6. The first kappa shape index (κ1) is 13.3. The van der Waals surface area contributed by atoms with Gasteiger partial charge in [0.25, 0.3) is 0 Å². The van der Waals surface area contributed by atoms with Gasteiger partial charge in [0.05, 0.1) is 23.5 Å². The maximum absolute atomic E-state index is 12.6. The number of hydrogen-bond donors (Lipinski definition) is 2. The molecule has 0 spiro atoms. The van der Waals surface area contributed by atoms with Crippen molar-refractivity contribution in [2.24, 2.45) is 7.05 Å². The molecule has 108 valence electrons. The monoisotopic (exact) mass is 286 g/mol. The Morgan fingerprint density at radius 2 is 2.10 bits per heavy atom. The third kappa shape index (κ3) is 2.37. The molecule has 0 saturated heterocycles. The summed E-state index contributed by atoms with van der Waals surface area (Å²) in [5.74, 6) is -0.0441. The van der Waals surface area contributed by atoms with Crippen LogP contribution in [0.1, 0.15) is 28.9 Å². The fourth-order valence-electron chi connectivity index (χ4n) is 2.41. The summed E-state index contributed by atoms with van der Waals surface area (Å²) in [6.07, 6.45) is 5.32. The molecule has 2 aromatic heterocycles. The molecule has 0 atom stereocenters. The van der Waals surface area contributed by atoms with E-state index >= 15 is 0 Å². The topological polar surface area (TPSA) is 97.1 Å². The molecular weight excluding hydrogens is 272 g/mol. The van der Waals surface area contributed by atoms with Crippen molar-refractivity contribution in [3.8, 4) is 0 Å². The average Bonchev–Trinajstić information content (AvgIpc) is 3.15. The van der Waals surface area contributed by atoms with Gasteiger partial charge in [-0.25, -0.2) is 4.79 Å². The molecule has 0 unspecified atom stereocenters. The summed E-state index contributed by atoms with van der Waals surface area (Å²) in [6.45, 7) is 0. The van der Waals surface area contributed by atoms with Crippen molar-refractivity contribution in [3.05, 3.63) is 42.0 Å². The van der Waals surface area contributed by atoms with Crippen LogP contribution in [0.25, 0.3) is 0 Å². The van der Waals surface area contributed by atoms with Gasteiger partial charge in [0, 0.05) is 18.8 Å². The van der Waals surface area contributed by atoms with Gasteiger partial charge in [-0.2, -0.15) is 5.10 Å². The Hall–Kier alpha value is -2.70. The number of nitrogens with one attached hydrogen (secondary N) is 1. The molecule has 1 aliphatic carbocycles. The second kappa shape index (κ2) is 4.69. The number of amides is 1. The number of carbonyl (C=O) groups is 2. The minimum atomic E-state index is -1.16. The molecule has 0 bridgehead atoms.